The van der Waals surface area contributed by atoms with E-state index in [9.17, 15) is 0 Å². The van der Waals surface area contributed by atoms with E-state index in [1.165, 1.54) is 6.42 Å². The Bertz CT molecular complexity index is 306. The largest absolute Gasteiger partial charge is 0.367 e. The summed E-state index contributed by atoms with van der Waals surface area (Å²) in [5, 5.41) is 3.63. The molecule has 0 aromatic carbocycles. The van der Waals surface area contributed by atoms with Gasteiger partial charge in [-0.1, -0.05) is 6.92 Å². The van der Waals surface area contributed by atoms with Crippen LogP contribution in [0.4, 0.5) is 5.82 Å². The molecule has 1 aromatic rings. The quantitative estimate of drug-likeness (QED) is 0.740. The maximum Gasteiger partial charge on any atom is 0.224 e. The third-order valence-electron chi connectivity index (χ3n) is 2.27. The highest BCUT2D eigenvalue weighted by Crippen LogP contribution is 2.32. The highest BCUT2D eigenvalue weighted by atomic mass is 35.5. The lowest BCUT2D eigenvalue weighted by atomic mass is 10.4. The molecule has 4 heteroatoms. The third-order valence-corrected chi connectivity index (χ3v) is 2.44. The van der Waals surface area contributed by atoms with Crippen molar-refractivity contribution in [3.63, 3.8) is 0 Å². The van der Waals surface area contributed by atoms with Crippen LogP contribution in [0.25, 0.3) is 0 Å². The van der Waals surface area contributed by atoms with Crippen LogP contribution in [-0.2, 0) is 0 Å². The van der Waals surface area contributed by atoms with Crippen LogP contribution in [0.3, 0.4) is 0 Å². The fraction of sp³-hybridized carbons (Fsp3) is 0.556. The van der Waals surface area contributed by atoms with Gasteiger partial charge in [-0.05, 0) is 30.9 Å². The van der Waals surface area contributed by atoms with Crippen molar-refractivity contribution in [3.8, 4) is 0 Å². The first-order chi connectivity index (χ1) is 6.15. The maximum atomic E-state index is 5.73. The van der Waals surface area contributed by atoms with Gasteiger partial charge >= 0.3 is 0 Å². The zero-order chi connectivity index (χ0) is 9.42. The molecule has 0 amide bonds. The van der Waals surface area contributed by atoms with E-state index in [1.807, 2.05) is 13.0 Å². The lowest BCUT2D eigenvalue weighted by molar-refractivity contribution is 0.920. The minimum absolute atomic E-state index is 0.316. The molecule has 2 atom stereocenters. The summed E-state index contributed by atoms with van der Waals surface area (Å²) in [6.07, 6.45) is 1.22. The summed E-state index contributed by atoms with van der Waals surface area (Å²) < 4.78 is 0. The van der Waals surface area contributed by atoms with Crippen LogP contribution in [0.2, 0.25) is 5.28 Å². The van der Waals surface area contributed by atoms with Gasteiger partial charge in [-0.3, -0.25) is 0 Å². The zero-order valence-corrected chi connectivity index (χ0v) is 8.47. The first kappa shape index (κ1) is 8.75. The molecule has 70 valence electrons. The van der Waals surface area contributed by atoms with Gasteiger partial charge in [0, 0.05) is 17.8 Å². The van der Waals surface area contributed by atoms with Crippen LogP contribution in [0, 0.1) is 12.8 Å². The molecule has 3 nitrogen and oxygen atoms in total. The molecule has 1 aliphatic carbocycles. The first-order valence-corrected chi connectivity index (χ1v) is 4.80. The highest BCUT2D eigenvalue weighted by molar-refractivity contribution is 6.28. The molecule has 1 heterocycles. The Morgan fingerprint density at radius 1 is 1.54 bits per heavy atom. The average molecular weight is 198 g/mol. The molecule has 2 unspecified atom stereocenters. The van der Waals surface area contributed by atoms with E-state index in [4.69, 9.17) is 11.6 Å². The summed E-state index contributed by atoms with van der Waals surface area (Å²) in [7, 11) is 0. The Hall–Kier alpha value is -0.830. The van der Waals surface area contributed by atoms with E-state index in [0.717, 1.165) is 17.4 Å². The SMILES string of the molecule is Cc1cc(NC2CC2C)nc(Cl)n1. The minimum Gasteiger partial charge on any atom is -0.367 e. The van der Waals surface area contributed by atoms with Crippen LogP contribution in [-0.4, -0.2) is 16.0 Å². The van der Waals surface area contributed by atoms with Crippen LogP contribution in [0.15, 0.2) is 6.07 Å². The summed E-state index contributed by atoms with van der Waals surface area (Å²) in [5.74, 6) is 1.60. The third kappa shape index (κ3) is 2.10. The number of rotatable bonds is 2. The first-order valence-electron chi connectivity index (χ1n) is 4.43. The Labute approximate surface area is 82.5 Å². The molecule has 0 aliphatic heterocycles. The fourth-order valence-corrected chi connectivity index (χ4v) is 1.54. The normalized spacial score (nSPS) is 25.8. The predicted molar refractivity (Wildman–Crippen MR) is 53.0 cm³/mol. The number of anilines is 1. The predicted octanol–water partition coefficient (Wildman–Crippen LogP) is 2.26. The summed E-state index contributed by atoms with van der Waals surface area (Å²) in [6.45, 7) is 4.13. The molecule has 1 aromatic heterocycles. The molecular formula is C9H12ClN3. The topological polar surface area (TPSA) is 37.8 Å². The Morgan fingerprint density at radius 2 is 2.23 bits per heavy atom. The van der Waals surface area contributed by atoms with Crippen LogP contribution >= 0.6 is 11.6 Å². The van der Waals surface area contributed by atoms with E-state index in [-0.39, 0.29) is 0 Å². The Kier molecular flexibility index (Phi) is 2.12. The number of aromatic nitrogens is 2. The van der Waals surface area contributed by atoms with E-state index in [0.29, 0.717) is 11.3 Å². The molecule has 1 saturated carbocycles. The van der Waals surface area contributed by atoms with E-state index >= 15 is 0 Å². The van der Waals surface area contributed by atoms with Crippen LogP contribution in [0.1, 0.15) is 19.0 Å². The van der Waals surface area contributed by atoms with E-state index < -0.39 is 0 Å². The fourth-order valence-electron chi connectivity index (χ4n) is 1.32. The molecule has 1 fully saturated rings. The molecule has 0 spiro atoms. The number of hydrogen-bond acceptors (Lipinski definition) is 3. The van der Waals surface area contributed by atoms with Gasteiger partial charge in [0.1, 0.15) is 5.82 Å². The van der Waals surface area contributed by atoms with Gasteiger partial charge in [-0.15, -0.1) is 0 Å². The average Bonchev–Trinajstić information content (AvgIpc) is 2.63. The van der Waals surface area contributed by atoms with Gasteiger partial charge < -0.3 is 5.32 Å². The van der Waals surface area contributed by atoms with Crippen molar-refractivity contribution in [2.45, 2.75) is 26.3 Å². The van der Waals surface area contributed by atoms with Crippen LogP contribution in [0.5, 0.6) is 0 Å². The van der Waals surface area contributed by atoms with Gasteiger partial charge in [0.25, 0.3) is 0 Å². The summed E-state index contributed by atoms with van der Waals surface area (Å²) in [5.41, 5.74) is 0.899. The van der Waals surface area contributed by atoms with Crippen molar-refractivity contribution in [1.82, 2.24) is 9.97 Å². The monoisotopic (exact) mass is 197 g/mol. The van der Waals surface area contributed by atoms with Crippen LogP contribution < -0.4 is 5.32 Å². The molecule has 1 N–H and O–H groups in total. The highest BCUT2D eigenvalue weighted by Gasteiger charge is 2.32. The summed E-state index contributed by atoms with van der Waals surface area (Å²) in [4.78, 5) is 8.09. The molecule has 13 heavy (non-hydrogen) atoms. The summed E-state index contributed by atoms with van der Waals surface area (Å²) >= 11 is 5.73. The summed E-state index contributed by atoms with van der Waals surface area (Å²) in [6, 6.07) is 2.49. The van der Waals surface area contributed by atoms with E-state index in [1.54, 1.807) is 0 Å². The van der Waals surface area contributed by atoms with Crippen molar-refractivity contribution < 1.29 is 0 Å². The molecule has 1 aliphatic rings. The van der Waals surface area contributed by atoms with Gasteiger partial charge in [-0.2, -0.15) is 0 Å². The van der Waals surface area contributed by atoms with Gasteiger partial charge in [0.05, 0.1) is 0 Å². The Balaban J connectivity index is 2.11. The molecule has 0 radical (unpaired) electrons. The van der Waals surface area contributed by atoms with Crippen molar-refractivity contribution in [2.75, 3.05) is 5.32 Å². The second-order valence-electron chi connectivity index (χ2n) is 3.63. The maximum absolute atomic E-state index is 5.73. The standard InChI is InChI=1S/C9H12ClN3/c1-5-3-7(5)12-8-4-6(2)11-9(10)13-8/h4-5,7H,3H2,1-2H3,(H,11,12,13). The number of nitrogens with zero attached hydrogens (tertiary/aromatic N) is 2. The van der Waals surface area contributed by atoms with Crippen molar-refractivity contribution in [1.29, 1.82) is 0 Å². The minimum atomic E-state index is 0.316. The Morgan fingerprint density at radius 3 is 2.77 bits per heavy atom. The molecule has 2 rings (SSSR count). The second kappa shape index (κ2) is 3.14. The number of halogens is 1. The van der Waals surface area contributed by atoms with Crippen molar-refractivity contribution >= 4 is 17.4 Å². The van der Waals surface area contributed by atoms with Gasteiger partial charge in [0.2, 0.25) is 5.28 Å². The lowest BCUT2D eigenvalue weighted by Crippen LogP contribution is -2.06. The number of nitrogens with one attached hydrogen (secondary N) is 1. The molecule has 0 saturated heterocycles. The smallest absolute Gasteiger partial charge is 0.224 e. The van der Waals surface area contributed by atoms with Gasteiger partial charge in [0.15, 0.2) is 0 Å². The van der Waals surface area contributed by atoms with Crippen molar-refractivity contribution in [2.24, 2.45) is 5.92 Å². The van der Waals surface area contributed by atoms with Gasteiger partial charge in [-0.25, -0.2) is 9.97 Å². The van der Waals surface area contributed by atoms with E-state index in [2.05, 4.69) is 22.2 Å². The number of aryl methyl sites for hydroxylation is 1. The number of hydrogen-bond donors (Lipinski definition) is 1. The van der Waals surface area contributed by atoms with Crippen molar-refractivity contribution in [3.05, 3.63) is 17.0 Å². The zero-order valence-electron chi connectivity index (χ0n) is 7.71. The molecular weight excluding hydrogens is 186 g/mol. The second-order valence-corrected chi connectivity index (χ2v) is 3.97. The molecule has 0 bridgehead atoms. The lowest BCUT2D eigenvalue weighted by Gasteiger charge is -2.04.